The molecule has 0 heterocycles. The quantitative estimate of drug-likeness (QED) is 0.338. The molecule has 0 amide bonds. The minimum atomic E-state index is -0.572. The molecule has 0 bridgehead atoms. The maximum absolute atomic E-state index is 11.4. The standard InChI is InChI=1S/C14H17NO4/c1-5-13(17)19-14-11(8-15(2)3)6-10(9-16)7-12(14)18-4/h5-7,9H,1,8H2,2-4H3. The van der Waals surface area contributed by atoms with E-state index in [1.807, 2.05) is 19.0 Å². The third-order valence-electron chi connectivity index (χ3n) is 2.37. The average molecular weight is 263 g/mol. The lowest BCUT2D eigenvalue weighted by molar-refractivity contribution is -0.129. The molecule has 0 spiro atoms. The second-order valence-corrected chi connectivity index (χ2v) is 4.19. The Morgan fingerprint density at radius 3 is 2.58 bits per heavy atom. The molecular formula is C14H17NO4. The molecule has 0 unspecified atom stereocenters. The Hall–Kier alpha value is -2.14. The smallest absolute Gasteiger partial charge is 0.335 e. The Labute approximate surface area is 112 Å². The van der Waals surface area contributed by atoms with Crippen molar-refractivity contribution in [2.45, 2.75) is 6.54 Å². The number of ether oxygens (including phenoxy) is 2. The molecule has 0 radical (unpaired) electrons. The lowest BCUT2D eigenvalue weighted by Crippen LogP contribution is -2.14. The lowest BCUT2D eigenvalue weighted by Gasteiger charge is -2.17. The van der Waals surface area contributed by atoms with Gasteiger partial charge in [0.2, 0.25) is 0 Å². The molecule has 5 heteroatoms. The normalized spacial score (nSPS) is 10.1. The Balaban J connectivity index is 3.31. The second-order valence-electron chi connectivity index (χ2n) is 4.19. The molecule has 0 N–H and O–H groups in total. The first-order valence-corrected chi connectivity index (χ1v) is 5.66. The van der Waals surface area contributed by atoms with Crippen LogP contribution in [0.3, 0.4) is 0 Å². The zero-order chi connectivity index (χ0) is 14.4. The fourth-order valence-electron chi connectivity index (χ4n) is 1.62. The van der Waals surface area contributed by atoms with Crippen LogP contribution in [0.5, 0.6) is 11.5 Å². The van der Waals surface area contributed by atoms with Crippen LogP contribution in [0.15, 0.2) is 24.8 Å². The molecular weight excluding hydrogens is 246 g/mol. The molecule has 0 aliphatic rings. The molecule has 102 valence electrons. The van der Waals surface area contributed by atoms with E-state index in [0.717, 1.165) is 12.4 Å². The molecule has 1 aromatic carbocycles. The van der Waals surface area contributed by atoms with Crippen LogP contribution in [0.2, 0.25) is 0 Å². The van der Waals surface area contributed by atoms with Crippen molar-refractivity contribution in [3.63, 3.8) is 0 Å². The minimum absolute atomic E-state index is 0.312. The highest BCUT2D eigenvalue weighted by molar-refractivity contribution is 5.85. The SMILES string of the molecule is C=CC(=O)Oc1c(CN(C)C)cc(C=O)cc1OC. The number of nitrogens with zero attached hydrogens (tertiary/aromatic N) is 1. The average Bonchev–Trinajstić information content (AvgIpc) is 2.39. The number of hydrogen-bond donors (Lipinski definition) is 0. The molecule has 0 saturated carbocycles. The number of carbonyl (C=O) groups is 2. The largest absolute Gasteiger partial charge is 0.493 e. The van der Waals surface area contributed by atoms with Crippen molar-refractivity contribution in [1.29, 1.82) is 0 Å². The molecule has 0 saturated heterocycles. The van der Waals surface area contributed by atoms with Gasteiger partial charge in [0.1, 0.15) is 6.29 Å². The number of hydrogen-bond acceptors (Lipinski definition) is 5. The van der Waals surface area contributed by atoms with E-state index in [-0.39, 0.29) is 0 Å². The molecule has 0 aliphatic heterocycles. The number of esters is 1. The highest BCUT2D eigenvalue weighted by Gasteiger charge is 2.16. The van der Waals surface area contributed by atoms with Crippen molar-refractivity contribution in [2.24, 2.45) is 0 Å². The number of aldehydes is 1. The third kappa shape index (κ3) is 3.93. The van der Waals surface area contributed by atoms with Crippen LogP contribution in [0, 0.1) is 0 Å². The van der Waals surface area contributed by atoms with Crippen LogP contribution in [0.25, 0.3) is 0 Å². The summed E-state index contributed by atoms with van der Waals surface area (Å²) < 4.78 is 10.4. The van der Waals surface area contributed by atoms with Crippen molar-refractivity contribution >= 4 is 12.3 Å². The van der Waals surface area contributed by atoms with Crippen LogP contribution in [-0.4, -0.2) is 38.4 Å². The minimum Gasteiger partial charge on any atom is -0.493 e. The summed E-state index contributed by atoms with van der Waals surface area (Å²) in [6.07, 6.45) is 1.80. The van der Waals surface area contributed by atoms with E-state index in [2.05, 4.69) is 6.58 Å². The van der Waals surface area contributed by atoms with Gasteiger partial charge >= 0.3 is 5.97 Å². The monoisotopic (exact) mass is 263 g/mol. The van der Waals surface area contributed by atoms with Crippen LogP contribution < -0.4 is 9.47 Å². The predicted molar refractivity (Wildman–Crippen MR) is 71.6 cm³/mol. The van der Waals surface area contributed by atoms with Gasteiger partial charge in [0.05, 0.1) is 7.11 Å². The van der Waals surface area contributed by atoms with E-state index < -0.39 is 5.97 Å². The van der Waals surface area contributed by atoms with Gasteiger partial charge in [-0.15, -0.1) is 0 Å². The molecule has 0 aliphatic carbocycles. The van der Waals surface area contributed by atoms with Crippen LogP contribution in [-0.2, 0) is 11.3 Å². The van der Waals surface area contributed by atoms with Crippen LogP contribution >= 0.6 is 0 Å². The van der Waals surface area contributed by atoms with Gasteiger partial charge < -0.3 is 14.4 Å². The summed E-state index contributed by atoms with van der Waals surface area (Å²) in [6, 6.07) is 3.19. The Morgan fingerprint density at radius 1 is 1.42 bits per heavy atom. The van der Waals surface area contributed by atoms with Crippen molar-refractivity contribution in [3.05, 3.63) is 35.9 Å². The van der Waals surface area contributed by atoms with Gasteiger partial charge in [0, 0.05) is 23.7 Å². The zero-order valence-electron chi connectivity index (χ0n) is 11.3. The summed E-state index contributed by atoms with van der Waals surface area (Å²) in [4.78, 5) is 24.2. The van der Waals surface area contributed by atoms with Gasteiger partial charge in [-0.1, -0.05) is 6.58 Å². The number of methoxy groups -OCH3 is 1. The summed E-state index contributed by atoms with van der Waals surface area (Å²) in [7, 11) is 5.20. The molecule has 0 atom stereocenters. The van der Waals surface area contributed by atoms with Crippen molar-refractivity contribution in [2.75, 3.05) is 21.2 Å². The highest BCUT2D eigenvalue weighted by Crippen LogP contribution is 2.33. The molecule has 1 rings (SSSR count). The second kappa shape index (κ2) is 6.70. The Kier molecular flexibility index (Phi) is 5.26. The van der Waals surface area contributed by atoms with Crippen molar-refractivity contribution < 1.29 is 19.1 Å². The summed E-state index contributed by atoms with van der Waals surface area (Å²) in [5, 5.41) is 0. The maximum atomic E-state index is 11.4. The Bertz CT molecular complexity index is 494. The lowest BCUT2D eigenvalue weighted by atomic mass is 10.1. The fraction of sp³-hybridized carbons (Fsp3) is 0.286. The van der Waals surface area contributed by atoms with Gasteiger partial charge in [-0.2, -0.15) is 0 Å². The first kappa shape index (κ1) is 14.9. The van der Waals surface area contributed by atoms with Crippen molar-refractivity contribution in [1.82, 2.24) is 4.90 Å². The van der Waals surface area contributed by atoms with Crippen molar-refractivity contribution in [3.8, 4) is 11.5 Å². The molecule has 0 aromatic heterocycles. The third-order valence-corrected chi connectivity index (χ3v) is 2.37. The van der Waals surface area contributed by atoms with Gasteiger partial charge in [0.25, 0.3) is 0 Å². The summed E-state index contributed by atoms with van der Waals surface area (Å²) in [5.41, 5.74) is 1.16. The summed E-state index contributed by atoms with van der Waals surface area (Å²) >= 11 is 0. The van der Waals surface area contributed by atoms with Crippen LogP contribution in [0.4, 0.5) is 0 Å². The Morgan fingerprint density at radius 2 is 2.11 bits per heavy atom. The number of benzene rings is 1. The fourth-order valence-corrected chi connectivity index (χ4v) is 1.62. The molecule has 1 aromatic rings. The number of rotatable bonds is 6. The molecule has 5 nitrogen and oxygen atoms in total. The van der Waals surface area contributed by atoms with E-state index in [1.54, 1.807) is 6.07 Å². The van der Waals surface area contributed by atoms with Gasteiger partial charge in [-0.25, -0.2) is 4.79 Å². The van der Waals surface area contributed by atoms with E-state index in [1.165, 1.54) is 13.2 Å². The van der Waals surface area contributed by atoms with Gasteiger partial charge in [-0.3, -0.25) is 4.79 Å². The van der Waals surface area contributed by atoms with Crippen LogP contribution in [0.1, 0.15) is 15.9 Å². The zero-order valence-corrected chi connectivity index (χ0v) is 11.3. The van der Waals surface area contributed by atoms with E-state index in [9.17, 15) is 9.59 Å². The van der Waals surface area contributed by atoms with E-state index in [0.29, 0.717) is 29.2 Å². The predicted octanol–water partition coefficient (Wildman–Crippen LogP) is 1.66. The van der Waals surface area contributed by atoms with Gasteiger partial charge in [0.15, 0.2) is 11.5 Å². The summed E-state index contributed by atoms with van der Waals surface area (Å²) in [5.74, 6) is 0.0838. The van der Waals surface area contributed by atoms with E-state index in [4.69, 9.17) is 9.47 Å². The maximum Gasteiger partial charge on any atom is 0.335 e. The van der Waals surface area contributed by atoms with E-state index >= 15 is 0 Å². The molecule has 19 heavy (non-hydrogen) atoms. The van der Waals surface area contributed by atoms with Gasteiger partial charge in [-0.05, 0) is 26.2 Å². The number of carbonyl (C=O) groups excluding carboxylic acids is 2. The first-order valence-electron chi connectivity index (χ1n) is 5.66. The topological polar surface area (TPSA) is 55.8 Å². The summed E-state index contributed by atoms with van der Waals surface area (Å²) in [6.45, 7) is 3.87. The first-order chi connectivity index (χ1) is 9.01. The highest BCUT2D eigenvalue weighted by atomic mass is 16.6. The molecule has 0 fully saturated rings.